The second-order valence-corrected chi connectivity index (χ2v) is 7.28. The van der Waals surface area contributed by atoms with E-state index in [4.69, 9.17) is 5.73 Å². The summed E-state index contributed by atoms with van der Waals surface area (Å²) in [5, 5.41) is 2.67. The van der Waals surface area contributed by atoms with E-state index >= 15 is 0 Å². The van der Waals surface area contributed by atoms with E-state index in [9.17, 15) is 13.2 Å². The van der Waals surface area contributed by atoms with Crippen LogP contribution in [0.5, 0.6) is 0 Å². The van der Waals surface area contributed by atoms with Gasteiger partial charge < -0.3 is 11.1 Å². The van der Waals surface area contributed by atoms with E-state index in [1.807, 2.05) is 19.9 Å². The lowest BCUT2D eigenvalue weighted by Crippen LogP contribution is -2.41. The first-order valence-electron chi connectivity index (χ1n) is 6.76. The molecule has 0 saturated carbocycles. The third kappa shape index (κ3) is 5.45. The molecule has 0 aromatic heterocycles. The van der Waals surface area contributed by atoms with Gasteiger partial charge in [-0.2, -0.15) is 4.31 Å². The Kier molecular flexibility index (Phi) is 6.32. The van der Waals surface area contributed by atoms with E-state index in [-0.39, 0.29) is 30.8 Å². The van der Waals surface area contributed by atoms with Crippen LogP contribution in [0.25, 0.3) is 0 Å². The summed E-state index contributed by atoms with van der Waals surface area (Å²) in [5.74, 6) is -0.477. The van der Waals surface area contributed by atoms with Gasteiger partial charge in [-0.3, -0.25) is 4.79 Å². The molecule has 0 saturated heterocycles. The molecule has 0 bridgehead atoms. The van der Waals surface area contributed by atoms with Crippen molar-refractivity contribution in [3.63, 3.8) is 0 Å². The molecular weight excluding hydrogens is 290 g/mol. The van der Waals surface area contributed by atoms with E-state index in [0.717, 1.165) is 9.87 Å². The van der Waals surface area contributed by atoms with Crippen molar-refractivity contribution < 1.29 is 13.2 Å². The molecule has 0 spiro atoms. The number of sulfonamides is 1. The number of benzene rings is 1. The summed E-state index contributed by atoms with van der Waals surface area (Å²) in [5.41, 5.74) is 7.06. The minimum atomic E-state index is -3.56. The maximum Gasteiger partial charge on any atom is 0.235 e. The number of amides is 1. The topological polar surface area (TPSA) is 92.5 Å². The zero-order chi connectivity index (χ0) is 16.0. The Bertz CT molecular complexity index is 585. The van der Waals surface area contributed by atoms with Crippen LogP contribution in [-0.2, 0) is 27.1 Å². The maximum atomic E-state index is 12.3. The number of likely N-dealkylation sites (N-methyl/N-ethyl adjacent to an activating group) is 1. The van der Waals surface area contributed by atoms with Crippen molar-refractivity contribution in [3.05, 3.63) is 35.4 Å². The highest BCUT2D eigenvalue weighted by atomic mass is 32.2. The quantitative estimate of drug-likeness (QED) is 0.763. The molecular formula is C14H23N3O3S. The SMILES string of the molecule is CC(C)NC(=O)CN(C)S(=O)(=O)Cc1ccccc1CN. The molecule has 1 amide bonds. The predicted octanol–water partition coefficient (Wildman–Crippen LogP) is 0.432. The van der Waals surface area contributed by atoms with E-state index in [1.165, 1.54) is 7.05 Å². The molecule has 7 heteroatoms. The summed E-state index contributed by atoms with van der Waals surface area (Å²) in [6.07, 6.45) is 0. The lowest BCUT2D eigenvalue weighted by molar-refractivity contribution is -0.121. The van der Waals surface area contributed by atoms with Crippen molar-refractivity contribution in [2.75, 3.05) is 13.6 Å². The lowest BCUT2D eigenvalue weighted by atomic mass is 10.1. The Morgan fingerprint density at radius 1 is 1.29 bits per heavy atom. The molecule has 0 atom stereocenters. The number of hydrogen-bond donors (Lipinski definition) is 2. The summed E-state index contributed by atoms with van der Waals surface area (Å²) in [7, 11) is -2.16. The van der Waals surface area contributed by atoms with E-state index in [2.05, 4.69) is 5.32 Å². The van der Waals surface area contributed by atoms with Crippen molar-refractivity contribution >= 4 is 15.9 Å². The van der Waals surface area contributed by atoms with Gasteiger partial charge in [0.25, 0.3) is 0 Å². The van der Waals surface area contributed by atoms with Crippen LogP contribution >= 0.6 is 0 Å². The third-order valence-corrected chi connectivity index (χ3v) is 4.72. The minimum Gasteiger partial charge on any atom is -0.353 e. The number of nitrogens with two attached hydrogens (primary N) is 1. The van der Waals surface area contributed by atoms with Gasteiger partial charge in [0.15, 0.2) is 0 Å². The standard InChI is InChI=1S/C14H23N3O3S/c1-11(2)16-14(18)9-17(3)21(19,20)10-13-7-5-4-6-12(13)8-15/h4-7,11H,8-10,15H2,1-3H3,(H,16,18). The van der Waals surface area contributed by atoms with Crippen LogP contribution in [-0.4, -0.2) is 38.3 Å². The monoisotopic (exact) mass is 313 g/mol. The molecule has 0 radical (unpaired) electrons. The normalized spacial score (nSPS) is 11.9. The summed E-state index contributed by atoms with van der Waals surface area (Å²) in [4.78, 5) is 11.6. The molecule has 1 rings (SSSR count). The van der Waals surface area contributed by atoms with Gasteiger partial charge in [0.1, 0.15) is 0 Å². The maximum absolute atomic E-state index is 12.3. The molecule has 0 aliphatic heterocycles. The van der Waals surface area contributed by atoms with Crippen molar-refractivity contribution in [1.82, 2.24) is 9.62 Å². The number of nitrogens with zero attached hydrogens (tertiary/aromatic N) is 1. The second kappa shape index (κ2) is 7.53. The summed E-state index contributed by atoms with van der Waals surface area (Å²) < 4.78 is 25.7. The molecule has 21 heavy (non-hydrogen) atoms. The van der Waals surface area contributed by atoms with E-state index in [1.54, 1.807) is 18.2 Å². The van der Waals surface area contributed by atoms with Crippen molar-refractivity contribution in [2.45, 2.75) is 32.2 Å². The van der Waals surface area contributed by atoms with Gasteiger partial charge in [-0.15, -0.1) is 0 Å². The fraction of sp³-hybridized carbons (Fsp3) is 0.500. The van der Waals surface area contributed by atoms with Crippen LogP contribution in [0.3, 0.4) is 0 Å². The molecule has 0 aliphatic rings. The molecule has 6 nitrogen and oxygen atoms in total. The zero-order valence-electron chi connectivity index (χ0n) is 12.7. The molecule has 1 aromatic rings. The van der Waals surface area contributed by atoms with Crippen LogP contribution in [0.4, 0.5) is 0 Å². The second-order valence-electron chi connectivity index (χ2n) is 5.21. The molecule has 1 aromatic carbocycles. The molecule has 0 fully saturated rings. The Morgan fingerprint density at radius 2 is 1.86 bits per heavy atom. The van der Waals surface area contributed by atoms with Crippen LogP contribution in [0.1, 0.15) is 25.0 Å². The van der Waals surface area contributed by atoms with Gasteiger partial charge in [0.05, 0.1) is 12.3 Å². The Hall–Kier alpha value is -1.44. The van der Waals surface area contributed by atoms with Gasteiger partial charge in [0, 0.05) is 19.6 Å². The average molecular weight is 313 g/mol. The highest BCUT2D eigenvalue weighted by molar-refractivity contribution is 7.88. The number of rotatable bonds is 7. The highest BCUT2D eigenvalue weighted by Gasteiger charge is 2.22. The smallest absolute Gasteiger partial charge is 0.235 e. The van der Waals surface area contributed by atoms with Crippen LogP contribution in [0.2, 0.25) is 0 Å². The molecule has 3 N–H and O–H groups in total. The number of hydrogen-bond acceptors (Lipinski definition) is 4. The molecule has 0 aliphatic carbocycles. The predicted molar refractivity (Wildman–Crippen MR) is 82.9 cm³/mol. The summed E-state index contributed by atoms with van der Waals surface area (Å²) >= 11 is 0. The Labute approximate surface area is 126 Å². The van der Waals surface area contributed by atoms with Gasteiger partial charge in [-0.25, -0.2) is 8.42 Å². The number of carbonyl (C=O) groups is 1. The van der Waals surface area contributed by atoms with Crippen LogP contribution in [0.15, 0.2) is 24.3 Å². The molecule has 0 heterocycles. The fourth-order valence-corrected chi connectivity index (χ4v) is 3.08. The van der Waals surface area contributed by atoms with Gasteiger partial charge in [-0.05, 0) is 25.0 Å². The van der Waals surface area contributed by atoms with Crippen molar-refractivity contribution in [3.8, 4) is 0 Å². The minimum absolute atomic E-state index is 0.0217. The first kappa shape index (κ1) is 17.6. The number of nitrogens with one attached hydrogen (secondary N) is 1. The largest absolute Gasteiger partial charge is 0.353 e. The van der Waals surface area contributed by atoms with E-state index in [0.29, 0.717) is 5.56 Å². The van der Waals surface area contributed by atoms with Crippen molar-refractivity contribution in [1.29, 1.82) is 0 Å². The first-order valence-corrected chi connectivity index (χ1v) is 8.37. The van der Waals surface area contributed by atoms with Gasteiger partial charge in [-0.1, -0.05) is 24.3 Å². The average Bonchev–Trinajstić information content (AvgIpc) is 2.37. The third-order valence-electron chi connectivity index (χ3n) is 2.97. The van der Waals surface area contributed by atoms with Gasteiger partial charge in [0.2, 0.25) is 15.9 Å². The highest BCUT2D eigenvalue weighted by Crippen LogP contribution is 2.14. The lowest BCUT2D eigenvalue weighted by Gasteiger charge is -2.18. The fourth-order valence-electron chi connectivity index (χ4n) is 1.87. The van der Waals surface area contributed by atoms with Gasteiger partial charge >= 0.3 is 0 Å². The Balaban J connectivity index is 2.79. The summed E-state index contributed by atoms with van der Waals surface area (Å²) in [6.45, 7) is 3.74. The molecule has 118 valence electrons. The first-order chi connectivity index (χ1) is 9.76. The summed E-state index contributed by atoms with van der Waals surface area (Å²) in [6, 6.07) is 7.11. The molecule has 0 unspecified atom stereocenters. The van der Waals surface area contributed by atoms with Crippen LogP contribution in [0, 0.1) is 0 Å². The zero-order valence-corrected chi connectivity index (χ0v) is 13.5. The van der Waals surface area contributed by atoms with E-state index < -0.39 is 10.0 Å². The van der Waals surface area contributed by atoms with Crippen molar-refractivity contribution in [2.24, 2.45) is 5.73 Å². The van der Waals surface area contributed by atoms with Crippen LogP contribution < -0.4 is 11.1 Å². The number of carbonyl (C=O) groups excluding carboxylic acids is 1. The Morgan fingerprint density at radius 3 is 2.38 bits per heavy atom.